The number of Topliss-reactive ketones (excluding diaryl/α,β-unsaturated/α-hetero) is 1. The Bertz CT molecular complexity index is 424. The Morgan fingerprint density at radius 3 is 2.93 bits per heavy atom. The average molecular weight is 202 g/mol. The second kappa shape index (κ2) is 2.92. The number of carbonyl (C=O) groups excluding carboxylic acids is 1. The van der Waals surface area contributed by atoms with Crippen LogP contribution in [-0.4, -0.2) is 19.0 Å². The Kier molecular flexibility index (Phi) is 1.77. The molecule has 0 unspecified atom stereocenters. The Morgan fingerprint density at radius 2 is 2.20 bits per heavy atom. The molecule has 2 nitrogen and oxygen atoms in total. The van der Waals surface area contributed by atoms with Crippen molar-refractivity contribution in [1.29, 1.82) is 0 Å². The molecule has 2 heteroatoms. The first-order valence-corrected chi connectivity index (χ1v) is 5.44. The summed E-state index contributed by atoms with van der Waals surface area (Å²) in [6.07, 6.45) is 0.632. The minimum atomic E-state index is -0.0202. The maximum atomic E-state index is 11.9. The summed E-state index contributed by atoms with van der Waals surface area (Å²) in [6.45, 7) is 3.67. The second-order valence-electron chi connectivity index (χ2n) is 4.72. The van der Waals surface area contributed by atoms with Crippen molar-refractivity contribution >= 4 is 5.78 Å². The molecule has 0 radical (unpaired) electrons. The van der Waals surface area contributed by atoms with Crippen LogP contribution in [-0.2, 0) is 10.2 Å². The summed E-state index contributed by atoms with van der Waals surface area (Å²) < 4.78 is 5.55. The predicted molar refractivity (Wildman–Crippen MR) is 57.1 cm³/mol. The highest BCUT2D eigenvalue weighted by atomic mass is 16.5. The van der Waals surface area contributed by atoms with Crippen molar-refractivity contribution in [3.8, 4) is 0 Å². The van der Waals surface area contributed by atoms with Crippen molar-refractivity contribution < 1.29 is 9.53 Å². The van der Waals surface area contributed by atoms with Crippen molar-refractivity contribution in [1.82, 2.24) is 0 Å². The molecule has 0 bridgehead atoms. The molecule has 1 aliphatic carbocycles. The number of hydrogen-bond acceptors (Lipinski definition) is 2. The highest BCUT2D eigenvalue weighted by Gasteiger charge is 2.50. The fraction of sp³-hybridized carbons (Fsp3) is 0.462. The van der Waals surface area contributed by atoms with Gasteiger partial charge in [-0.25, -0.2) is 0 Å². The molecule has 1 aromatic carbocycles. The van der Waals surface area contributed by atoms with E-state index < -0.39 is 0 Å². The van der Waals surface area contributed by atoms with Crippen LogP contribution in [0, 0.1) is 5.92 Å². The molecule has 3 rings (SSSR count). The number of fused-ring (bicyclic) bond motifs is 2. The number of benzene rings is 1. The van der Waals surface area contributed by atoms with E-state index in [1.807, 2.05) is 18.2 Å². The Morgan fingerprint density at radius 1 is 1.40 bits per heavy atom. The summed E-state index contributed by atoms with van der Waals surface area (Å²) in [5.74, 6) is 0.730. The van der Waals surface area contributed by atoms with Crippen LogP contribution in [0.3, 0.4) is 0 Å². The van der Waals surface area contributed by atoms with E-state index >= 15 is 0 Å². The van der Waals surface area contributed by atoms with Crippen LogP contribution in [0.25, 0.3) is 0 Å². The van der Waals surface area contributed by atoms with Gasteiger partial charge in [0.2, 0.25) is 0 Å². The van der Waals surface area contributed by atoms with E-state index in [1.165, 1.54) is 5.56 Å². The van der Waals surface area contributed by atoms with Crippen LogP contribution in [0.15, 0.2) is 24.3 Å². The molecule has 1 saturated heterocycles. The van der Waals surface area contributed by atoms with E-state index in [2.05, 4.69) is 13.0 Å². The van der Waals surface area contributed by atoms with Gasteiger partial charge >= 0.3 is 0 Å². The van der Waals surface area contributed by atoms with Gasteiger partial charge in [-0.2, -0.15) is 0 Å². The van der Waals surface area contributed by atoms with Crippen LogP contribution in [0.2, 0.25) is 0 Å². The maximum Gasteiger partial charge on any atom is 0.164 e. The molecular formula is C13H14O2. The molecule has 0 N–H and O–H groups in total. The topological polar surface area (TPSA) is 26.3 Å². The van der Waals surface area contributed by atoms with Crippen LogP contribution in [0.4, 0.5) is 0 Å². The van der Waals surface area contributed by atoms with Crippen LogP contribution < -0.4 is 0 Å². The normalized spacial score (nSPS) is 33.7. The van der Waals surface area contributed by atoms with Gasteiger partial charge in [0, 0.05) is 17.4 Å². The van der Waals surface area contributed by atoms with E-state index in [-0.39, 0.29) is 11.2 Å². The van der Waals surface area contributed by atoms with Gasteiger partial charge in [0.05, 0.1) is 13.2 Å². The zero-order valence-corrected chi connectivity index (χ0v) is 8.82. The number of rotatable bonds is 0. The minimum absolute atomic E-state index is 0.0202. The summed E-state index contributed by atoms with van der Waals surface area (Å²) in [6, 6.07) is 7.99. The summed E-state index contributed by atoms with van der Waals surface area (Å²) in [7, 11) is 0. The van der Waals surface area contributed by atoms with E-state index in [0.29, 0.717) is 18.9 Å². The standard InChI is InChI=1S/C13H14O2/c1-9-7-15-8-13(9)6-12(14)10-4-2-3-5-11(10)13/h2-5,9H,6-8H2,1H3/t9-,13+/m1/s1. The third-order valence-electron chi connectivity index (χ3n) is 3.91. The van der Waals surface area contributed by atoms with Crippen molar-refractivity contribution in [3.05, 3.63) is 35.4 Å². The third kappa shape index (κ3) is 1.06. The van der Waals surface area contributed by atoms with Gasteiger partial charge in [-0.3, -0.25) is 4.79 Å². The minimum Gasteiger partial charge on any atom is -0.380 e. The molecule has 0 aromatic heterocycles. The summed E-state index contributed by atoms with van der Waals surface area (Å²) in [5, 5.41) is 0. The summed E-state index contributed by atoms with van der Waals surface area (Å²) in [4.78, 5) is 11.9. The monoisotopic (exact) mass is 202 g/mol. The Balaban J connectivity index is 2.19. The predicted octanol–water partition coefficient (Wildman–Crippen LogP) is 2.18. The summed E-state index contributed by atoms with van der Waals surface area (Å²) in [5.41, 5.74) is 2.10. The molecule has 15 heavy (non-hydrogen) atoms. The lowest BCUT2D eigenvalue weighted by atomic mass is 9.74. The number of hydrogen-bond donors (Lipinski definition) is 0. The quantitative estimate of drug-likeness (QED) is 0.644. The fourth-order valence-corrected chi connectivity index (χ4v) is 2.93. The van der Waals surface area contributed by atoms with Crippen molar-refractivity contribution in [2.24, 2.45) is 5.92 Å². The van der Waals surface area contributed by atoms with E-state index in [9.17, 15) is 4.79 Å². The van der Waals surface area contributed by atoms with E-state index in [4.69, 9.17) is 4.74 Å². The lowest BCUT2D eigenvalue weighted by Gasteiger charge is -2.26. The zero-order valence-electron chi connectivity index (χ0n) is 8.82. The van der Waals surface area contributed by atoms with Crippen LogP contribution in [0.1, 0.15) is 29.3 Å². The van der Waals surface area contributed by atoms with Crippen molar-refractivity contribution in [3.63, 3.8) is 0 Å². The zero-order chi connectivity index (χ0) is 10.5. The highest BCUT2D eigenvalue weighted by Crippen LogP contribution is 2.47. The molecule has 2 atom stereocenters. The largest absolute Gasteiger partial charge is 0.380 e. The van der Waals surface area contributed by atoms with E-state index in [0.717, 1.165) is 12.2 Å². The molecule has 1 aliphatic heterocycles. The maximum absolute atomic E-state index is 11.9. The fourth-order valence-electron chi connectivity index (χ4n) is 2.93. The Hall–Kier alpha value is -1.15. The molecule has 1 fully saturated rings. The van der Waals surface area contributed by atoms with Gasteiger partial charge in [0.25, 0.3) is 0 Å². The molecule has 2 aliphatic rings. The second-order valence-corrected chi connectivity index (χ2v) is 4.72. The molecule has 78 valence electrons. The molecule has 1 spiro atoms. The Labute approximate surface area is 89.2 Å². The van der Waals surface area contributed by atoms with Gasteiger partial charge in [0.1, 0.15) is 0 Å². The smallest absolute Gasteiger partial charge is 0.164 e. The van der Waals surface area contributed by atoms with Gasteiger partial charge in [-0.1, -0.05) is 31.2 Å². The number of carbonyl (C=O) groups is 1. The van der Waals surface area contributed by atoms with Crippen molar-refractivity contribution in [2.45, 2.75) is 18.8 Å². The van der Waals surface area contributed by atoms with Crippen LogP contribution >= 0.6 is 0 Å². The van der Waals surface area contributed by atoms with Crippen LogP contribution in [0.5, 0.6) is 0 Å². The first kappa shape index (κ1) is 9.10. The summed E-state index contributed by atoms with van der Waals surface area (Å²) >= 11 is 0. The average Bonchev–Trinajstić information content (AvgIpc) is 2.74. The first-order valence-electron chi connectivity index (χ1n) is 5.44. The molecule has 0 saturated carbocycles. The van der Waals surface area contributed by atoms with Crippen molar-refractivity contribution in [2.75, 3.05) is 13.2 Å². The molecular weight excluding hydrogens is 188 g/mol. The first-order chi connectivity index (χ1) is 7.24. The van der Waals surface area contributed by atoms with Gasteiger partial charge < -0.3 is 4.74 Å². The highest BCUT2D eigenvalue weighted by molar-refractivity contribution is 6.02. The SMILES string of the molecule is C[C@@H]1COC[C@@]12CC(=O)c1ccccc12. The molecule has 0 amide bonds. The molecule has 1 aromatic rings. The molecule has 1 heterocycles. The van der Waals surface area contributed by atoms with Gasteiger partial charge in [-0.05, 0) is 11.5 Å². The van der Waals surface area contributed by atoms with Gasteiger partial charge in [-0.15, -0.1) is 0 Å². The number of ether oxygens (including phenoxy) is 1. The third-order valence-corrected chi connectivity index (χ3v) is 3.91. The van der Waals surface area contributed by atoms with E-state index in [1.54, 1.807) is 0 Å². The lowest BCUT2D eigenvalue weighted by Crippen LogP contribution is -2.30. The number of ketones is 1. The lowest BCUT2D eigenvalue weighted by molar-refractivity contribution is 0.0959. The van der Waals surface area contributed by atoms with Gasteiger partial charge in [0.15, 0.2) is 5.78 Å².